The van der Waals surface area contributed by atoms with Crippen LogP contribution in [-0.4, -0.2) is 19.1 Å². The molecule has 58 heavy (non-hydrogen) atoms. The summed E-state index contributed by atoms with van der Waals surface area (Å²) in [5.41, 5.74) is 13.1. The maximum Gasteiger partial charge on any atom is 0.235 e. The molecule has 0 aliphatic carbocycles. The Kier molecular flexibility index (Phi) is 7.20. The molecule has 0 amide bonds. The topological polar surface area (TPSA) is 35.6 Å². The van der Waals surface area contributed by atoms with E-state index in [4.69, 9.17) is 9.97 Å². The number of hydrogen-bond donors (Lipinski definition) is 0. The first kappa shape index (κ1) is 32.4. The molecule has 0 aliphatic rings. The largest absolute Gasteiger partial charge is 0.309 e. The van der Waals surface area contributed by atoms with Crippen LogP contribution in [0.2, 0.25) is 0 Å². The van der Waals surface area contributed by atoms with E-state index in [0.717, 1.165) is 61.0 Å². The molecule has 0 saturated carbocycles. The Morgan fingerprint density at radius 2 is 0.914 bits per heavy atom. The zero-order valence-electron chi connectivity index (χ0n) is 31.4. The smallest absolute Gasteiger partial charge is 0.235 e. The highest BCUT2D eigenvalue weighted by Gasteiger charge is 2.22. The first-order valence-electron chi connectivity index (χ1n) is 19.7. The van der Waals surface area contributed by atoms with Gasteiger partial charge in [0, 0.05) is 38.2 Å². The van der Waals surface area contributed by atoms with E-state index in [2.05, 4.69) is 215 Å². The third-order valence-corrected chi connectivity index (χ3v) is 11.7. The van der Waals surface area contributed by atoms with Crippen LogP contribution in [0, 0.1) is 0 Å². The van der Waals surface area contributed by atoms with Gasteiger partial charge in [-0.25, -0.2) is 9.97 Å². The number of fused-ring (bicyclic) bond motifs is 8. The van der Waals surface area contributed by atoms with E-state index in [-0.39, 0.29) is 0 Å². The van der Waals surface area contributed by atoms with Crippen molar-refractivity contribution in [2.45, 2.75) is 0 Å². The van der Waals surface area contributed by atoms with Crippen molar-refractivity contribution in [1.82, 2.24) is 19.1 Å². The van der Waals surface area contributed by atoms with E-state index in [0.29, 0.717) is 5.95 Å². The number of para-hydroxylation sites is 2. The molecule has 9 aromatic carbocycles. The second kappa shape index (κ2) is 12.9. The molecule has 3 aromatic heterocycles. The highest BCUT2D eigenvalue weighted by atomic mass is 15.2. The van der Waals surface area contributed by atoms with Gasteiger partial charge in [-0.1, -0.05) is 146 Å². The number of rotatable bonds is 5. The van der Waals surface area contributed by atoms with Gasteiger partial charge < -0.3 is 4.57 Å². The van der Waals surface area contributed by atoms with Gasteiger partial charge in [0.05, 0.1) is 33.3 Å². The summed E-state index contributed by atoms with van der Waals surface area (Å²) in [4.78, 5) is 11.1. The molecule has 0 unspecified atom stereocenters. The second-order valence-electron chi connectivity index (χ2n) is 15.0. The maximum atomic E-state index is 5.69. The summed E-state index contributed by atoms with van der Waals surface area (Å²) >= 11 is 0. The van der Waals surface area contributed by atoms with Gasteiger partial charge in [-0.2, -0.15) is 0 Å². The highest BCUT2D eigenvalue weighted by Crippen LogP contribution is 2.42. The van der Waals surface area contributed by atoms with Crippen LogP contribution in [0.3, 0.4) is 0 Å². The highest BCUT2D eigenvalue weighted by molar-refractivity contribution is 6.18. The van der Waals surface area contributed by atoms with Gasteiger partial charge in [-0.15, -0.1) is 0 Å². The number of aromatic nitrogens is 4. The average molecular weight is 739 g/mol. The zero-order valence-corrected chi connectivity index (χ0v) is 31.4. The van der Waals surface area contributed by atoms with Crippen LogP contribution >= 0.6 is 0 Å². The molecule has 12 rings (SSSR count). The summed E-state index contributed by atoms with van der Waals surface area (Å²) < 4.78 is 4.64. The van der Waals surface area contributed by atoms with Crippen LogP contribution in [0.15, 0.2) is 206 Å². The van der Waals surface area contributed by atoms with Crippen molar-refractivity contribution < 1.29 is 0 Å². The fourth-order valence-electron chi connectivity index (χ4n) is 9.03. The summed E-state index contributed by atoms with van der Waals surface area (Å²) in [7, 11) is 0. The Morgan fingerprint density at radius 3 is 1.67 bits per heavy atom. The molecular weight excluding hydrogens is 705 g/mol. The molecule has 12 aromatic rings. The minimum Gasteiger partial charge on any atom is -0.309 e. The Bertz CT molecular complexity index is 3550. The van der Waals surface area contributed by atoms with Crippen LogP contribution in [0.25, 0.3) is 110 Å². The van der Waals surface area contributed by atoms with Gasteiger partial charge in [0.1, 0.15) is 0 Å². The fourth-order valence-corrected chi connectivity index (χ4v) is 9.03. The molecular formula is C54H34N4. The van der Waals surface area contributed by atoms with Crippen molar-refractivity contribution in [2.75, 3.05) is 0 Å². The van der Waals surface area contributed by atoms with Crippen molar-refractivity contribution in [3.8, 4) is 45.1 Å². The van der Waals surface area contributed by atoms with E-state index in [1.54, 1.807) is 0 Å². The van der Waals surface area contributed by atoms with Gasteiger partial charge in [-0.3, -0.25) is 4.57 Å². The molecule has 0 fully saturated rings. The molecule has 0 aliphatic heterocycles. The fraction of sp³-hybridized carbons (Fsp3) is 0. The van der Waals surface area contributed by atoms with E-state index >= 15 is 0 Å². The van der Waals surface area contributed by atoms with Crippen molar-refractivity contribution in [3.05, 3.63) is 206 Å². The molecule has 0 saturated heterocycles. The minimum absolute atomic E-state index is 0.640. The normalized spacial score (nSPS) is 11.8. The van der Waals surface area contributed by atoms with E-state index in [9.17, 15) is 0 Å². The molecule has 0 bridgehead atoms. The van der Waals surface area contributed by atoms with Crippen LogP contribution in [0.4, 0.5) is 0 Å². The second-order valence-corrected chi connectivity index (χ2v) is 15.0. The number of benzene rings is 9. The molecule has 0 atom stereocenters. The van der Waals surface area contributed by atoms with Gasteiger partial charge >= 0.3 is 0 Å². The lowest BCUT2D eigenvalue weighted by Crippen LogP contribution is -2.04. The van der Waals surface area contributed by atoms with Crippen molar-refractivity contribution in [2.24, 2.45) is 0 Å². The zero-order chi connectivity index (χ0) is 38.2. The number of nitrogens with zero attached hydrogens (tertiary/aromatic N) is 4. The molecule has 0 N–H and O–H groups in total. The van der Waals surface area contributed by atoms with Gasteiger partial charge in [0.2, 0.25) is 5.95 Å². The third-order valence-electron chi connectivity index (χ3n) is 11.7. The van der Waals surface area contributed by atoms with Crippen LogP contribution in [0.5, 0.6) is 0 Å². The molecule has 0 spiro atoms. The lowest BCUT2D eigenvalue weighted by molar-refractivity contribution is 1.01. The van der Waals surface area contributed by atoms with Crippen LogP contribution in [-0.2, 0) is 0 Å². The summed E-state index contributed by atoms with van der Waals surface area (Å²) in [5.74, 6) is 0.640. The third kappa shape index (κ3) is 5.02. The van der Waals surface area contributed by atoms with Crippen molar-refractivity contribution in [1.29, 1.82) is 0 Å². The Balaban J connectivity index is 1.19. The van der Waals surface area contributed by atoms with E-state index in [1.807, 2.05) is 0 Å². The standard InChI is InChI=1S/C54H34N4/c1-4-15-35(16-5-1)39-27-29-47-46(33-39)53(43-24-14-26-50-52(43)42-23-12-13-25-48(42)57(50)41-21-8-3-9-22-41)56-54(55-47)58-49-30-28-40(36-17-6-2-7-18-36)32-44(49)45-31-37-19-10-11-20-38(37)34-51(45)58/h1-34H. The lowest BCUT2D eigenvalue weighted by Gasteiger charge is -2.14. The Morgan fingerprint density at radius 1 is 0.328 bits per heavy atom. The minimum atomic E-state index is 0.640. The predicted octanol–water partition coefficient (Wildman–Crippen LogP) is 14.0. The first-order chi connectivity index (χ1) is 28.8. The van der Waals surface area contributed by atoms with Gasteiger partial charge in [0.25, 0.3) is 0 Å². The van der Waals surface area contributed by atoms with Crippen LogP contribution in [0.1, 0.15) is 0 Å². The summed E-state index contributed by atoms with van der Waals surface area (Å²) in [6.07, 6.45) is 0. The summed E-state index contributed by atoms with van der Waals surface area (Å²) in [6, 6.07) is 73.8. The SMILES string of the molecule is c1ccc(-c2ccc3nc(-n4c5ccc(-c6ccccc6)cc5c5cc6ccccc6cc54)nc(-c4cccc5c4c4ccccc4n5-c4ccccc4)c3c2)cc1. The Hall–Kier alpha value is -7.82. The maximum absolute atomic E-state index is 5.69. The monoisotopic (exact) mass is 738 g/mol. The predicted molar refractivity (Wildman–Crippen MR) is 242 cm³/mol. The van der Waals surface area contributed by atoms with Crippen molar-refractivity contribution >= 4 is 65.3 Å². The van der Waals surface area contributed by atoms with Crippen molar-refractivity contribution in [3.63, 3.8) is 0 Å². The first-order valence-corrected chi connectivity index (χ1v) is 19.7. The molecule has 3 heterocycles. The quantitative estimate of drug-likeness (QED) is 0.176. The van der Waals surface area contributed by atoms with Gasteiger partial charge in [0.15, 0.2) is 0 Å². The molecule has 4 heteroatoms. The lowest BCUT2D eigenvalue weighted by atomic mass is 9.97. The van der Waals surface area contributed by atoms with Crippen LogP contribution < -0.4 is 0 Å². The van der Waals surface area contributed by atoms with E-state index in [1.165, 1.54) is 43.4 Å². The van der Waals surface area contributed by atoms with E-state index < -0.39 is 0 Å². The Labute approximate surface area is 334 Å². The summed E-state index contributed by atoms with van der Waals surface area (Å²) in [5, 5.41) is 8.07. The van der Waals surface area contributed by atoms with Gasteiger partial charge in [-0.05, 0) is 93.7 Å². The molecule has 270 valence electrons. The number of hydrogen-bond acceptors (Lipinski definition) is 2. The average Bonchev–Trinajstić information content (AvgIpc) is 3.80. The molecule has 4 nitrogen and oxygen atoms in total. The molecule has 0 radical (unpaired) electrons. The summed E-state index contributed by atoms with van der Waals surface area (Å²) in [6.45, 7) is 0.